The first-order valence-electron chi connectivity index (χ1n) is 18.4. The number of benzene rings is 2. The number of primary sulfonamides is 1. The van der Waals surface area contributed by atoms with Crippen LogP contribution in [0.5, 0.6) is 5.75 Å². The minimum atomic E-state index is -3.70. The minimum absolute atomic E-state index is 0.00437. The van der Waals surface area contributed by atoms with Gasteiger partial charge in [-0.1, -0.05) is 50.6 Å². The van der Waals surface area contributed by atoms with E-state index in [0.29, 0.717) is 44.9 Å². The van der Waals surface area contributed by atoms with Crippen LogP contribution in [-0.4, -0.2) is 70.6 Å². The van der Waals surface area contributed by atoms with Crippen molar-refractivity contribution in [2.24, 2.45) is 22.9 Å². The SMILES string of the molecule is C[C@H](C[C@H](/C=C/[C@H](O)[C@@H]1CC[C@H]1CN1C[C@@]2(CCCc3cc(Cl)ccc32)COc2ccc(C(=O)O)cc21)CCO[Si](C)(C)C(C)(C)C)S(N)(=O)=O. The molecule has 12 heteroatoms. The van der Waals surface area contributed by atoms with Crippen molar-refractivity contribution in [3.05, 3.63) is 70.3 Å². The number of carbonyl (C=O) groups is 1. The quantitative estimate of drug-likeness (QED) is 0.141. The molecule has 0 aromatic heterocycles. The molecule has 1 fully saturated rings. The van der Waals surface area contributed by atoms with Crippen molar-refractivity contribution in [1.29, 1.82) is 0 Å². The molecular weight excluding hydrogens is 704 g/mol. The zero-order chi connectivity index (χ0) is 37.4. The number of aryl methyl sites for hydroxylation is 1. The molecule has 6 atom stereocenters. The molecule has 1 aliphatic heterocycles. The fraction of sp³-hybridized carbons (Fsp3) is 0.615. The molecule has 4 N–H and O–H groups in total. The van der Waals surface area contributed by atoms with Crippen molar-refractivity contribution < 1.29 is 32.6 Å². The second kappa shape index (κ2) is 15.5. The van der Waals surface area contributed by atoms with Gasteiger partial charge in [-0.3, -0.25) is 0 Å². The molecule has 9 nitrogen and oxygen atoms in total. The molecular formula is C39H57ClN2O7SSi. The number of carboxylic acids is 1. The van der Waals surface area contributed by atoms with E-state index in [4.69, 9.17) is 25.9 Å². The number of nitrogens with zero attached hydrogens (tertiary/aromatic N) is 1. The molecule has 0 bridgehead atoms. The smallest absolute Gasteiger partial charge is 0.335 e. The molecule has 1 heterocycles. The predicted molar refractivity (Wildman–Crippen MR) is 207 cm³/mol. The second-order valence-corrected chi connectivity index (χ2v) is 24.0. The number of nitrogens with two attached hydrogens (primary N) is 1. The van der Waals surface area contributed by atoms with Gasteiger partial charge in [-0.2, -0.15) is 0 Å². The second-order valence-electron chi connectivity index (χ2n) is 16.8. The van der Waals surface area contributed by atoms with Crippen LogP contribution in [0.15, 0.2) is 48.6 Å². The zero-order valence-corrected chi connectivity index (χ0v) is 33.6. The van der Waals surface area contributed by atoms with Gasteiger partial charge in [0, 0.05) is 30.1 Å². The predicted octanol–water partition coefficient (Wildman–Crippen LogP) is 7.55. The molecule has 0 saturated heterocycles. The summed E-state index contributed by atoms with van der Waals surface area (Å²) in [4.78, 5) is 14.3. The molecule has 3 aliphatic rings. The van der Waals surface area contributed by atoms with Gasteiger partial charge >= 0.3 is 5.97 Å². The van der Waals surface area contributed by atoms with Gasteiger partial charge in [0.25, 0.3) is 0 Å². The molecule has 2 aliphatic carbocycles. The van der Waals surface area contributed by atoms with Crippen molar-refractivity contribution in [1.82, 2.24) is 0 Å². The normalized spacial score (nSPS) is 24.2. The van der Waals surface area contributed by atoms with Gasteiger partial charge in [0.1, 0.15) is 5.75 Å². The lowest BCUT2D eigenvalue weighted by atomic mass is 9.68. The summed E-state index contributed by atoms with van der Waals surface area (Å²) in [6.07, 6.45) is 8.77. The molecule has 0 unspecified atom stereocenters. The van der Waals surface area contributed by atoms with E-state index in [9.17, 15) is 23.4 Å². The lowest BCUT2D eigenvalue weighted by Crippen LogP contribution is -2.49. The number of ether oxygens (including phenoxy) is 1. The van der Waals surface area contributed by atoms with Gasteiger partial charge in [0.2, 0.25) is 10.0 Å². The number of hydrogen-bond acceptors (Lipinski definition) is 7. The van der Waals surface area contributed by atoms with Crippen LogP contribution in [-0.2, 0) is 26.3 Å². The van der Waals surface area contributed by atoms with Crippen molar-refractivity contribution in [2.45, 2.75) is 108 Å². The van der Waals surface area contributed by atoms with Crippen molar-refractivity contribution in [3.63, 3.8) is 0 Å². The number of carboxylic acid groups (broad SMARTS) is 1. The Hall–Kier alpha value is -2.41. The van der Waals surface area contributed by atoms with E-state index < -0.39 is 35.7 Å². The summed E-state index contributed by atoms with van der Waals surface area (Å²) >= 11 is 6.41. The van der Waals surface area contributed by atoms with Crippen LogP contribution in [0, 0.1) is 17.8 Å². The molecule has 2 aromatic rings. The number of hydrogen-bond donors (Lipinski definition) is 3. The van der Waals surface area contributed by atoms with Gasteiger partial charge in [0.05, 0.1) is 29.2 Å². The molecule has 0 amide bonds. The first-order chi connectivity index (χ1) is 23.8. The van der Waals surface area contributed by atoms with Crippen LogP contribution >= 0.6 is 11.6 Å². The number of rotatable bonds is 13. The number of anilines is 1. The summed E-state index contributed by atoms with van der Waals surface area (Å²) in [7, 11) is -5.69. The number of halogens is 1. The van der Waals surface area contributed by atoms with Gasteiger partial charge in [-0.25, -0.2) is 18.4 Å². The van der Waals surface area contributed by atoms with Crippen molar-refractivity contribution in [3.8, 4) is 5.75 Å². The maximum atomic E-state index is 12.2. The number of allylic oxidation sites excluding steroid dienone is 1. The molecule has 0 radical (unpaired) electrons. The fourth-order valence-corrected chi connectivity index (χ4v) is 9.52. The van der Waals surface area contributed by atoms with Gasteiger partial charge in [-0.15, -0.1) is 0 Å². The van der Waals surface area contributed by atoms with Crippen LogP contribution in [0.2, 0.25) is 23.2 Å². The van der Waals surface area contributed by atoms with E-state index in [-0.39, 0.29) is 33.8 Å². The largest absolute Gasteiger partial charge is 0.490 e. The fourth-order valence-electron chi connectivity index (χ4n) is 7.75. The van der Waals surface area contributed by atoms with Crippen LogP contribution in [0.3, 0.4) is 0 Å². The number of aliphatic hydroxyl groups is 1. The monoisotopic (exact) mass is 760 g/mol. The van der Waals surface area contributed by atoms with Gasteiger partial charge in [0.15, 0.2) is 8.32 Å². The van der Waals surface area contributed by atoms with E-state index in [0.717, 1.165) is 42.8 Å². The third-order valence-electron chi connectivity index (χ3n) is 12.2. The summed E-state index contributed by atoms with van der Waals surface area (Å²) < 4.78 is 37.2. The van der Waals surface area contributed by atoms with Crippen LogP contribution in [0.4, 0.5) is 5.69 Å². The lowest BCUT2D eigenvalue weighted by molar-refractivity contribution is 0.0453. The Labute approximate surface area is 310 Å². The zero-order valence-electron chi connectivity index (χ0n) is 31.0. The number of aromatic carboxylic acids is 1. The lowest BCUT2D eigenvalue weighted by Gasteiger charge is -2.45. The molecule has 1 spiro atoms. The van der Waals surface area contributed by atoms with Gasteiger partial charge < -0.3 is 24.3 Å². The number of fused-ring (bicyclic) bond motifs is 3. The number of sulfonamides is 1. The van der Waals surface area contributed by atoms with E-state index >= 15 is 0 Å². The Kier molecular flexibility index (Phi) is 12.1. The molecule has 282 valence electrons. The molecule has 2 aromatic carbocycles. The van der Waals surface area contributed by atoms with E-state index in [1.807, 2.05) is 18.2 Å². The topological polar surface area (TPSA) is 139 Å². The summed E-state index contributed by atoms with van der Waals surface area (Å²) in [6.45, 7) is 14.9. The van der Waals surface area contributed by atoms with Crippen LogP contribution in [0.1, 0.15) is 87.7 Å². The summed E-state index contributed by atoms with van der Waals surface area (Å²) in [5, 5.41) is 27.0. The first kappa shape index (κ1) is 39.8. The molecule has 1 saturated carbocycles. The highest BCUT2D eigenvalue weighted by atomic mass is 35.5. The maximum absolute atomic E-state index is 12.2. The maximum Gasteiger partial charge on any atom is 0.335 e. The average molecular weight is 761 g/mol. The Bertz CT molecular complexity index is 1710. The first-order valence-corrected chi connectivity index (χ1v) is 23.3. The van der Waals surface area contributed by atoms with E-state index in [2.05, 4.69) is 50.9 Å². The molecule has 5 rings (SSSR count). The standard InChI is InChI=1S/C39H57ClN2O7SSi/c1-26(50(41,46)47)20-27(17-19-49-51(5,6)38(2,3)4)9-15-35(43)32-13-10-30(32)23-42-24-39(18-7-8-28-21-31(40)12-14-33(28)39)25-48-36-16-11-29(37(44)45)22-34(36)42/h9,11-12,14-16,21-22,26-27,30,32,35,43H,7-8,10,13,17-20,23-25H2,1-6H3,(H,44,45)(H2,41,46,47)/b15-9+/t26-,27-,30+,32-,35+,39+/m1/s1. The summed E-state index contributed by atoms with van der Waals surface area (Å²) in [6, 6.07) is 11.2. The Balaban J connectivity index is 1.36. The van der Waals surface area contributed by atoms with E-state index in [1.165, 1.54) is 11.1 Å². The molecule has 51 heavy (non-hydrogen) atoms. The summed E-state index contributed by atoms with van der Waals surface area (Å²) in [5.74, 6) is -0.276. The Morgan fingerprint density at radius 3 is 2.59 bits per heavy atom. The van der Waals surface area contributed by atoms with Crippen LogP contribution in [0.25, 0.3) is 0 Å². The third-order valence-corrected chi connectivity index (χ3v) is 18.3. The highest BCUT2D eigenvalue weighted by molar-refractivity contribution is 7.89. The number of aliphatic hydroxyl groups excluding tert-OH is 1. The Morgan fingerprint density at radius 1 is 1.20 bits per heavy atom. The van der Waals surface area contributed by atoms with Crippen molar-refractivity contribution >= 4 is 41.6 Å². The van der Waals surface area contributed by atoms with Crippen molar-refractivity contribution in [2.75, 3.05) is 31.2 Å². The van der Waals surface area contributed by atoms with Crippen LogP contribution < -0.4 is 14.8 Å². The summed E-state index contributed by atoms with van der Waals surface area (Å²) in [5.41, 5.74) is 3.15. The minimum Gasteiger partial charge on any atom is -0.490 e. The van der Waals surface area contributed by atoms with Gasteiger partial charge in [-0.05, 0) is 129 Å². The highest BCUT2D eigenvalue weighted by Gasteiger charge is 2.44. The third kappa shape index (κ3) is 9.22. The Morgan fingerprint density at radius 2 is 1.94 bits per heavy atom. The average Bonchev–Trinajstić information content (AvgIpc) is 3.17. The highest BCUT2D eigenvalue weighted by Crippen LogP contribution is 2.47. The van der Waals surface area contributed by atoms with E-state index in [1.54, 1.807) is 25.1 Å².